The average Bonchev–Trinajstić information content (AvgIpc) is 3.84. The SMILES string of the molecule is O[C@H]1[C@@H](OC(c2ccccc2)(c2ccccc2)c2ccccc2)[C@H](n2cnc3c(=S)[nH]c(F)nc32)O[C@@H]1COC(c1ccccc1)(c1ccccc1)c1ccccc1. The van der Waals surface area contributed by atoms with Gasteiger partial charge in [-0.15, -0.1) is 0 Å². The van der Waals surface area contributed by atoms with Crippen molar-refractivity contribution in [2.24, 2.45) is 0 Å². The molecule has 9 rings (SSSR count). The van der Waals surface area contributed by atoms with Crippen molar-refractivity contribution in [3.63, 3.8) is 0 Å². The Labute approximate surface area is 340 Å². The van der Waals surface area contributed by atoms with E-state index < -0.39 is 41.8 Å². The number of fused-ring (bicyclic) bond motifs is 1. The Morgan fingerprint density at radius 1 is 0.638 bits per heavy atom. The number of aromatic nitrogens is 4. The van der Waals surface area contributed by atoms with Crippen molar-refractivity contribution >= 4 is 23.4 Å². The van der Waals surface area contributed by atoms with E-state index in [0.717, 1.165) is 33.4 Å². The highest BCUT2D eigenvalue weighted by Gasteiger charge is 2.52. The smallest absolute Gasteiger partial charge is 0.289 e. The Kier molecular flexibility index (Phi) is 10.3. The highest BCUT2D eigenvalue weighted by molar-refractivity contribution is 7.71. The summed E-state index contributed by atoms with van der Waals surface area (Å²) in [6, 6.07) is 59.7. The number of aliphatic hydroxyl groups is 1. The Balaban J connectivity index is 1.20. The first-order chi connectivity index (χ1) is 28.5. The molecule has 6 aromatic carbocycles. The number of benzene rings is 6. The lowest BCUT2D eigenvalue weighted by Crippen LogP contribution is -2.45. The van der Waals surface area contributed by atoms with Gasteiger partial charge in [0.15, 0.2) is 11.9 Å². The monoisotopic (exact) mass is 786 g/mol. The molecule has 0 bridgehead atoms. The van der Waals surface area contributed by atoms with Crippen LogP contribution in [0.3, 0.4) is 0 Å². The van der Waals surface area contributed by atoms with Crippen molar-refractivity contribution < 1.29 is 23.7 Å². The van der Waals surface area contributed by atoms with E-state index in [9.17, 15) is 9.50 Å². The quantitative estimate of drug-likeness (QED) is 0.0725. The molecule has 1 aliphatic heterocycles. The van der Waals surface area contributed by atoms with Crippen LogP contribution < -0.4 is 0 Å². The van der Waals surface area contributed by atoms with Gasteiger partial charge in [0.2, 0.25) is 0 Å². The minimum absolute atomic E-state index is 0.0697. The summed E-state index contributed by atoms with van der Waals surface area (Å²) in [5, 5.41) is 12.7. The summed E-state index contributed by atoms with van der Waals surface area (Å²) >= 11 is 5.45. The number of nitrogens with one attached hydrogen (secondary N) is 1. The molecule has 2 aromatic heterocycles. The van der Waals surface area contributed by atoms with E-state index in [0.29, 0.717) is 0 Å². The average molecular weight is 787 g/mol. The molecular formula is C48H39FN4O4S. The molecular weight excluding hydrogens is 748 g/mol. The first-order valence-electron chi connectivity index (χ1n) is 19.1. The number of ether oxygens (including phenoxy) is 3. The summed E-state index contributed by atoms with van der Waals surface area (Å²) in [4.78, 5) is 11.1. The summed E-state index contributed by atoms with van der Waals surface area (Å²) in [5.74, 6) is 0. The van der Waals surface area contributed by atoms with Crippen LogP contribution in [0.5, 0.6) is 0 Å². The third-order valence-electron chi connectivity index (χ3n) is 10.8. The van der Waals surface area contributed by atoms with Gasteiger partial charge in [-0.05, 0) is 33.4 Å². The van der Waals surface area contributed by atoms with Gasteiger partial charge in [-0.2, -0.15) is 9.37 Å². The van der Waals surface area contributed by atoms with Crippen LogP contribution in [-0.4, -0.2) is 49.5 Å². The molecule has 1 saturated heterocycles. The van der Waals surface area contributed by atoms with Gasteiger partial charge < -0.3 is 24.3 Å². The molecule has 0 amide bonds. The van der Waals surface area contributed by atoms with Crippen molar-refractivity contribution in [1.29, 1.82) is 0 Å². The van der Waals surface area contributed by atoms with Crippen molar-refractivity contribution in [3.8, 4) is 0 Å². The summed E-state index contributed by atoms with van der Waals surface area (Å²) in [7, 11) is 0. The zero-order valence-corrected chi connectivity index (χ0v) is 32.0. The molecule has 58 heavy (non-hydrogen) atoms. The van der Waals surface area contributed by atoms with E-state index in [2.05, 4.69) is 15.0 Å². The Morgan fingerprint density at radius 2 is 1.03 bits per heavy atom. The molecule has 0 saturated carbocycles. The second-order valence-corrected chi connectivity index (χ2v) is 14.6. The summed E-state index contributed by atoms with van der Waals surface area (Å²) in [5.41, 5.74) is 3.27. The van der Waals surface area contributed by atoms with Crippen LogP contribution in [0.25, 0.3) is 11.2 Å². The van der Waals surface area contributed by atoms with Gasteiger partial charge in [-0.3, -0.25) is 4.57 Å². The Hall–Kier alpha value is -6.14. The number of halogens is 1. The molecule has 0 spiro atoms. The largest absolute Gasteiger partial charge is 0.387 e. The zero-order valence-electron chi connectivity index (χ0n) is 31.2. The molecule has 3 heterocycles. The Bertz CT molecular complexity index is 2460. The van der Waals surface area contributed by atoms with Crippen LogP contribution in [0, 0.1) is 10.7 Å². The Morgan fingerprint density at radius 3 is 1.45 bits per heavy atom. The predicted octanol–water partition coefficient (Wildman–Crippen LogP) is 9.27. The maximum Gasteiger partial charge on any atom is 0.289 e. The molecule has 10 heteroatoms. The van der Waals surface area contributed by atoms with Gasteiger partial charge in [-0.1, -0.05) is 194 Å². The molecule has 1 fully saturated rings. The van der Waals surface area contributed by atoms with Crippen LogP contribution in [0.2, 0.25) is 0 Å². The topological polar surface area (TPSA) is 94.4 Å². The van der Waals surface area contributed by atoms with E-state index in [4.69, 9.17) is 26.4 Å². The van der Waals surface area contributed by atoms with E-state index in [1.807, 2.05) is 182 Å². The number of hydrogen-bond donors (Lipinski definition) is 2. The lowest BCUT2D eigenvalue weighted by molar-refractivity contribution is -0.123. The third kappa shape index (κ3) is 6.64. The van der Waals surface area contributed by atoms with Crippen LogP contribution >= 0.6 is 12.2 Å². The van der Waals surface area contributed by atoms with Gasteiger partial charge in [0.25, 0.3) is 6.08 Å². The summed E-state index contributed by atoms with van der Waals surface area (Å²) < 4.78 is 38.2. The molecule has 1 aliphatic rings. The maximum atomic E-state index is 14.9. The van der Waals surface area contributed by atoms with Crippen LogP contribution in [0.4, 0.5) is 4.39 Å². The molecule has 0 unspecified atom stereocenters. The van der Waals surface area contributed by atoms with Crippen molar-refractivity contribution in [2.45, 2.75) is 35.7 Å². The second-order valence-electron chi connectivity index (χ2n) is 14.2. The molecule has 288 valence electrons. The predicted molar refractivity (Wildman–Crippen MR) is 222 cm³/mol. The lowest BCUT2D eigenvalue weighted by atomic mass is 9.79. The molecule has 8 nitrogen and oxygen atoms in total. The fourth-order valence-corrected chi connectivity index (χ4v) is 8.42. The third-order valence-corrected chi connectivity index (χ3v) is 11.1. The van der Waals surface area contributed by atoms with Crippen LogP contribution in [-0.2, 0) is 25.4 Å². The molecule has 2 N–H and O–H groups in total. The summed E-state index contributed by atoms with van der Waals surface area (Å²) in [6.45, 7) is -0.0697. The number of rotatable bonds is 12. The van der Waals surface area contributed by atoms with Gasteiger partial charge >= 0.3 is 0 Å². The van der Waals surface area contributed by atoms with Gasteiger partial charge in [-0.25, -0.2) is 4.98 Å². The normalized spacial score (nSPS) is 18.4. The molecule has 8 aromatic rings. The molecule has 4 atom stereocenters. The van der Waals surface area contributed by atoms with Gasteiger partial charge in [0, 0.05) is 0 Å². The molecule has 0 aliphatic carbocycles. The number of hydrogen-bond acceptors (Lipinski definition) is 7. The van der Waals surface area contributed by atoms with Crippen molar-refractivity contribution in [2.75, 3.05) is 6.61 Å². The van der Waals surface area contributed by atoms with Crippen LogP contribution in [0.15, 0.2) is 188 Å². The molecule has 0 radical (unpaired) electrons. The minimum atomic E-state index is -1.28. The highest BCUT2D eigenvalue weighted by atomic mass is 32.1. The fourth-order valence-electron chi connectivity index (χ4n) is 8.19. The maximum absolute atomic E-state index is 14.9. The zero-order chi connectivity index (χ0) is 39.5. The number of imidazole rings is 1. The summed E-state index contributed by atoms with van der Waals surface area (Å²) in [6.07, 6.45) is -3.76. The first-order valence-corrected chi connectivity index (χ1v) is 19.5. The number of aliphatic hydroxyl groups excluding tert-OH is 1. The number of H-pyrrole nitrogens is 1. The van der Waals surface area contributed by atoms with E-state index >= 15 is 0 Å². The fraction of sp³-hybridized carbons (Fsp3) is 0.146. The minimum Gasteiger partial charge on any atom is -0.387 e. The lowest BCUT2D eigenvalue weighted by Gasteiger charge is -2.40. The second kappa shape index (κ2) is 16.0. The van der Waals surface area contributed by atoms with Crippen molar-refractivity contribution in [1.82, 2.24) is 19.5 Å². The van der Waals surface area contributed by atoms with Crippen LogP contribution in [0.1, 0.15) is 39.6 Å². The van der Waals surface area contributed by atoms with E-state index in [1.54, 1.807) is 4.57 Å². The van der Waals surface area contributed by atoms with Crippen molar-refractivity contribution in [3.05, 3.63) is 232 Å². The standard InChI is InChI=1S/C48H39FN4O4S/c49-46-51-43-40(44(58)52-46)50-32-53(43)45-42(57-48(36-25-13-4-14-26-36,37-27-15-5-16-28-37)38-29-17-6-18-30-38)41(54)39(56-45)31-55-47(33-19-7-1-8-20-33,34-21-9-2-10-22-34)35-23-11-3-12-24-35/h1-30,32,39,41-42,45,54H,31H2,(H,51,52,58)/t39-,41-,42-,45-/m1/s1. The van der Waals surface area contributed by atoms with E-state index in [-0.39, 0.29) is 22.4 Å². The number of aromatic amines is 1. The highest BCUT2D eigenvalue weighted by Crippen LogP contribution is 2.47. The number of nitrogens with zero attached hydrogens (tertiary/aromatic N) is 3. The first kappa shape index (κ1) is 37.4. The van der Waals surface area contributed by atoms with Gasteiger partial charge in [0.05, 0.1) is 12.9 Å². The van der Waals surface area contributed by atoms with E-state index in [1.165, 1.54) is 6.33 Å². The van der Waals surface area contributed by atoms with Gasteiger partial charge in [0.1, 0.15) is 39.7 Å².